The molecule has 1 aliphatic heterocycles. The van der Waals surface area contributed by atoms with Gasteiger partial charge in [-0.2, -0.15) is 0 Å². The van der Waals surface area contributed by atoms with Gasteiger partial charge >= 0.3 is 0 Å². The van der Waals surface area contributed by atoms with Crippen molar-refractivity contribution in [2.24, 2.45) is 0 Å². The molecule has 3 rings (SSSR count). The lowest BCUT2D eigenvalue weighted by atomic mass is 10.2. The molecule has 0 fully saturated rings. The minimum atomic E-state index is -0.192. The Hall–Kier alpha value is -2.40. The second-order valence-electron chi connectivity index (χ2n) is 4.74. The third-order valence-corrected chi connectivity index (χ3v) is 3.45. The number of benzene rings is 2. The molecule has 0 radical (unpaired) electrons. The van der Waals surface area contributed by atoms with Crippen molar-refractivity contribution in [2.45, 2.75) is 0 Å². The molecule has 2 aromatic rings. The molecule has 0 atom stereocenters. The first-order chi connectivity index (χ1) is 10.7. The minimum absolute atomic E-state index is 0.148. The van der Waals surface area contributed by atoms with E-state index in [1.165, 1.54) is 0 Å². The molecule has 1 aliphatic rings. The second-order valence-corrected chi connectivity index (χ2v) is 5.15. The highest BCUT2D eigenvalue weighted by Gasteiger charge is 2.16. The number of carbonyl (C=O) groups is 1. The molecular formula is C16H15ClN2O3. The van der Waals surface area contributed by atoms with E-state index in [-0.39, 0.29) is 12.5 Å². The normalized spacial score (nSPS) is 12.6. The lowest BCUT2D eigenvalue weighted by Crippen LogP contribution is -2.22. The molecule has 0 bridgehead atoms. The van der Waals surface area contributed by atoms with E-state index in [1.807, 2.05) is 30.3 Å². The average molecular weight is 319 g/mol. The van der Waals surface area contributed by atoms with Crippen LogP contribution in [0, 0.1) is 0 Å². The van der Waals surface area contributed by atoms with Gasteiger partial charge in [0, 0.05) is 17.8 Å². The Labute approximate surface area is 133 Å². The maximum atomic E-state index is 12.0. The van der Waals surface area contributed by atoms with Crippen LogP contribution < -0.4 is 20.1 Å². The molecule has 0 aliphatic carbocycles. The van der Waals surface area contributed by atoms with Gasteiger partial charge in [-0.3, -0.25) is 4.79 Å². The summed E-state index contributed by atoms with van der Waals surface area (Å²) in [5.41, 5.74) is 1.39. The van der Waals surface area contributed by atoms with E-state index in [1.54, 1.807) is 12.1 Å². The first kappa shape index (κ1) is 14.5. The van der Waals surface area contributed by atoms with Crippen molar-refractivity contribution in [3.63, 3.8) is 0 Å². The van der Waals surface area contributed by atoms with Gasteiger partial charge in [0.2, 0.25) is 5.91 Å². The van der Waals surface area contributed by atoms with Crippen molar-refractivity contribution in [3.05, 3.63) is 47.5 Å². The van der Waals surface area contributed by atoms with Gasteiger partial charge in [0.05, 0.1) is 17.3 Å². The Morgan fingerprint density at radius 3 is 2.50 bits per heavy atom. The first-order valence-electron chi connectivity index (χ1n) is 6.90. The Balaban J connectivity index is 1.64. The van der Waals surface area contributed by atoms with Crippen molar-refractivity contribution in [3.8, 4) is 11.5 Å². The molecule has 0 saturated carbocycles. The number of hydrogen-bond donors (Lipinski definition) is 2. The van der Waals surface area contributed by atoms with E-state index in [0.717, 1.165) is 5.69 Å². The minimum Gasteiger partial charge on any atom is -0.486 e. The van der Waals surface area contributed by atoms with Gasteiger partial charge in [-0.25, -0.2) is 0 Å². The number of halogens is 1. The number of nitrogens with one attached hydrogen (secondary N) is 2. The first-order valence-corrected chi connectivity index (χ1v) is 7.28. The van der Waals surface area contributed by atoms with Gasteiger partial charge in [0.1, 0.15) is 13.2 Å². The summed E-state index contributed by atoms with van der Waals surface area (Å²) < 4.78 is 10.9. The molecule has 0 aromatic heterocycles. The van der Waals surface area contributed by atoms with Crippen LogP contribution in [0.5, 0.6) is 11.5 Å². The zero-order chi connectivity index (χ0) is 15.4. The summed E-state index contributed by atoms with van der Waals surface area (Å²) in [6.07, 6.45) is 0. The van der Waals surface area contributed by atoms with Gasteiger partial charge in [-0.05, 0) is 12.1 Å². The number of rotatable bonds is 4. The van der Waals surface area contributed by atoms with E-state index in [0.29, 0.717) is 35.4 Å². The fourth-order valence-corrected chi connectivity index (χ4v) is 2.29. The maximum Gasteiger partial charge on any atom is 0.243 e. The van der Waals surface area contributed by atoms with Crippen molar-refractivity contribution in [1.29, 1.82) is 0 Å². The fourth-order valence-electron chi connectivity index (χ4n) is 2.09. The monoisotopic (exact) mass is 318 g/mol. The zero-order valence-electron chi connectivity index (χ0n) is 11.8. The van der Waals surface area contributed by atoms with Crippen molar-refractivity contribution >= 4 is 28.9 Å². The quantitative estimate of drug-likeness (QED) is 0.909. The van der Waals surface area contributed by atoms with Gasteiger partial charge in [0.25, 0.3) is 0 Å². The molecule has 5 nitrogen and oxygen atoms in total. The Kier molecular flexibility index (Phi) is 4.34. The zero-order valence-corrected chi connectivity index (χ0v) is 12.5. The van der Waals surface area contributed by atoms with Crippen LogP contribution in [0.4, 0.5) is 11.4 Å². The van der Waals surface area contributed by atoms with Crippen LogP contribution in [-0.4, -0.2) is 25.7 Å². The van der Waals surface area contributed by atoms with E-state index in [4.69, 9.17) is 21.1 Å². The van der Waals surface area contributed by atoms with Crippen LogP contribution in [0.15, 0.2) is 42.5 Å². The molecule has 2 N–H and O–H groups in total. The van der Waals surface area contributed by atoms with E-state index in [2.05, 4.69) is 10.6 Å². The lowest BCUT2D eigenvalue weighted by Gasteiger charge is -2.20. The third-order valence-electron chi connectivity index (χ3n) is 3.13. The molecular weight excluding hydrogens is 304 g/mol. The van der Waals surface area contributed by atoms with Gasteiger partial charge in [-0.1, -0.05) is 29.8 Å². The van der Waals surface area contributed by atoms with Crippen molar-refractivity contribution in [1.82, 2.24) is 0 Å². The summed E-state index contributed by atoms with van der Waals surface area (Å²) in [4.78, 5) is 12.0. The van der Waals surface area contributed by atoms with Crippen LogP contribution >= 0.6 is 11.6 Å². The number of amides is 1. The fraction of sp³-hybridized carbons (Fsp3) is 0.188. The number of anilines is 2. The van der Waals surface area contributed by atoms with Crippen LogP contribution in [0.1, 0.15) is 0 Å². The predicted molar refractivity (Wildman–Crippen MR) is 86.0 cm³/mol. The van der Waals surface area contributed by atoms with E-state index >= 15 is 0 Å². The standard InChI is InChI=1S/C16H15ClN2O3/c17-12-8-14-15(22-7-6-21-14)9-13(12)19-16(20)10-18-11-4-2-1-3-5-11/h1-5,8-9,18H,6-7,10H2,(H,19,20). The second kappa shape index (κ2) is 6.58. The predicted octanol–water partition coefficient (Wildman–Crippen LogP) is 3.16. The molecule has 22 heavy (non-hydrogen) atoms. The lowest BCUT2D eigenvalue weighted by molar-refractivity contribution is -0.114. The maximum absolute atomic E-state index is 12.0. The molecule has 0 saturated heterocycles. The van der Waals surface area contributed by atoms with Gasteiger partial charge < -0.3 is 20.1 Å². The number of fused-ring (bicyclic) bond motifs is 1. The average Bonchev–Trinajstić information content (AvgIpc) is 2.55. The Bertz CT molecular complexity index is 677. The van der Waals surface area contributed by atoms with Crippen LogP contribution in [0.2, 0.25) is 5.02 Å². The SMILES string of the molecule is O=C(CNc1ccccc1)Nc1cc2c(cc1Cl)OCCO2. The van der Waals surface area contributed by atoms with Crippen molar-refractivity contribution < 1.29 is 14.3 Å². The van der Waals surface area contributed by atoms with Crippen LogP contribution in [0.25, 0.3) is 0 Å². The van der Waals surface area contributed by atoms with E-state index in [9.17, 15) is 4.79 Å². The smallest absolute Gasteiger partial charge is 0.243 e. The molecule has 0 spiro atoms. The summed E-state index contributed by atoms with van der Waals surface area (Å²) in [5.74, 6) is 0.987. The molecule has 6 heteroatoms. The van der Waals surface area contributed by atoms with Crippen molar-refractivity contribution in [2.75, 3.05) is 30.4 Å². The molecule has 2 aromatic carbocycles. The summed E-state index contributed by atoms with van der Waals surface area (Å²) in [6, 6.07) is 12.8. The van der Waals surface area contributed by atoms with Crippen LogP contribution in [-0.2, 0) is 4.79 Å². The number of para-hydroxylation sites is 1. The van der Waals surface area contributed by atoms with Gasteiger partial charge in [-0.15, -0.1) is 0 Å². The highest BCUT2D eigenvalue weighted by atomic mass is 35.5. The highest BCUT2D eigenvalue weighted by Crippen LogP contribution is 2.37. The summed E-state index contributed by atoms with van der Waals surface area (Å²) in [5, 5.41) is 6.21. The molecule has 0 unspecified atom stereocenters. The molecule has 1 heterocycles. The number of ether oxygens (including phenoxy) is 2. The summed E-state index contributed by atoms with van der Waals surface area (Å²) in [7, 11) is 0. The van der Waals surface area contributed by atoms with Gasteiger partial charge in [0.15, 0.2) is 11.5 Å². The topological polar surface area (TPSA) is 59.6 Å². The number of carbonyl (C=O) groups excluding carboxylic acids is 1. The highest BCUT2D eigenvalue weighted by molar-refractivity contribution is 6.34. The molecule has 114 valence electrons. The summed E-state index contributed by atoms with van der Waals surface area (Å²) in [6.45, 7) is 1.13. The Morgan fingerprint density at radius 2 is 1.77 bits per heavy atom. The van der Waals surface area contributed by atoms with E-state index < -0.39 is 0 Å². The third kappa shape index (κ3) is 3.43. The summed E-state index contributed by atoms with van der Waals surface area (Å²) >= 11 is 6.15. The number of hydrogen-bond acceptors (Lipinski definition) is 4. The Morgan fingerprint density at radius 1 is 1.09 bits per heavy atom. The largest absolute Gasteiger partial charge is 0.486 e. The van der Waals surface area contributed by atoms with Crippen LogP contribution in [0.3, 0.4) is 0 Å². The molecule has 1 amide bonds.